The minimum atomic E-state index is 0.0631. The van der Waals surface area contributed by atoms with E-state index in [0.29, 0.717) is 13.1 Å². The molecular weight excluding hydrogens is 310 g/mol. The highest BCUT2D eigenvalue weighted by Crippen LogP contribution is 2.63. The fourth-order valence-electron chi connectivity index (χ4n) is 3.77. The summed E-state index contributed by atoms with van der Waals surface area (Å²) in [7, 11) is 1.97. The summed E-state index contributed by atoms with van der Waals surface area (Å²) in [6.45, 7) is 6.40. The predicted octanol–water partition coefficient (Wildman–Crippen LogP) is 3.00. The number of pyridine rings is 1. The van der Waals surface area contributed by atoms with Gasteiger partial charge in [0.15, 0.2) is 0 Å². The van der Waals surface area contributed by atoms with E-state index in [-0.39, 0.29) is 16.7 Å². The molecule has 1 aliphatic rings. The van der Waals surface area contributed by atoms with Crippen LogP contribution in [0, 0.1) is 5.41 Å². The molecule has 1 fully saturated rings. The second kappa shape index (κ2) is 6.96. The predicted molar refractivity (Wildman–Crippen MR) is 100 cm³/mol. The standard InChI is InChI=1S/C21H27N3O/c1-20(2)15-21(20,18-7-5-4-6-8-18)16-23-19(25)14-24(3)13-17-9-11-22-12-10-17/h4-12H,13-16H2,1-3H3,(H,23,25)/t21-/m0/s1. The maximum absolute atomic E-state index is 12.4. The summed E-state index contributed by atoms with van der Waals surface area (Å²) in [4.78, 5) is 18.4. The number of likely N-dealkylation sites (N-methyl/N-ethyl adjacent to an activating group) is 1. The van der Waals surface area contributed by atoms with Crippen LogP contribution in [0.3, 0.4) is 0 Å². The zero-order chi connectivity index (χ0) is 17.9. The number of hydrogen-bond donors (Lipinski definition) is 1. The molecule has 0 saturated heterocycles. The van der Waals surface area contributed by atoms with Gasteiger partial charge in [0, 0.05) is 30.9 Å². The molecule has 1 N–H and O–H groups in total. The van der Waals surface area contributed by atoms with E-state index < -0.39 is 0 Å². The molecule has 1 aromatic heterocycles. The van der Waals surface area contributed by atoms with Gasteiger partial charge in [-0.2, -0.15) is 0 Å². The molecule has 1 atom stereocenters. The van der Waals surface area contributed by atoms with Crippen LogP contribution in [0.1, 0.15) is 31.4 Å². The molecule has 0 radical (unpaired) electrons. The van der Waals surface area contributed by atoms with Gasteiger partial charge in [-0.1, -0.05) is 44.2 Å². The Balaban J connectivity index is 1.55. The second-order valence-corrected chi connectivity index (χ2v) is 7.81. The molecule has 25 heavy (non-hydrogen) atoms. The number of amides is 1. The number of nitrogens with one attached hydrogen (secondary N) is 1. The normalized spacial score (nSPS) is 21.1. The number of hydrogen-bond acceptors (Lipinski definition) is 3. The number of benzene rings is 1. The van der Waals surface area contributed by atoms with Crippen molar-refractivity contribution < 1.29 is 4.79 Å². The molecule has 0 aliphatic heterocycles. The zero-order valence-electron chi connectivity index (χ0n) is 15.3. The van der Waals surface area contributed by atoms with Crippen LogP contribution in [0.15, 0.2) is 54.9 Å². The highest BCUT2D eigenvalue weighted by atomic mass is 16.2. The van der Waals surface area contributed by atoms with Gasteiger partial charge in [0.1, 0.15) is 0 Å². The van der Waals surface area contributed by atoms with Gasteiger partial charge in [-0.3, -0.25) is 14.7 Å². The van der Waals surface area contributed by atoms with Gasteiger partial charge in [-0.15, -0.1) is 0 Å². The summed E-state index contributed by atoms with van der Waals surface area (Å²) in [6.07, 6.45) is 4.67. The molecule has 1 amide bonds. The lowest BCUT2D eigenvalue weighted by Gasteiger charge is -2.23. The molecule has 0 unspecified atom stereocenters. The van der Waals surface area contributed by atoms with Crippen LogP contribution in [-0.2, 0) is 16.8 Å². The number of nitrogens with zero attached hydrogens (tertiary/aromatic N) is 2. The van der Waals surface area contributed by atoms with Crippen molar-refractivity contribution in [2.45, 2.75) is 32.2 Å². The van der Waals surface area contributed by atoms with E-state index >= 15 is 0 Å². The minimum Gasteiger partial charge on any atom is -0.354 e. The Kier molecular flexibility index (Phi) is 4.91. The second-order valence-electron chi connectivity index (χ2n) is 7.81. The van der Waals surface area contributed by atoms with Crippen molar-refractivity contribution in [2.24, 2.45) is 5.41 Å². The Morgan fingerprint density at radius 1 is 1.16 bits per heavy atom. The summed E-state index contributed by atoms with van der Waals surface area (Å²) < 4.78 is 0. The molecule has 2 aromatic rings. The van der Waals surface area contributed by atoms with Gasteiger partial charge < -0.3 is 5.32 Å². The molecule has 132 valence electrons. The first-order valence-corrected chi connectivity index (χ1v) is 8.83. The molecule has 3 rings (SSSR count). The van der Waals surface area contributed by atoms with Crippen LogP contribution >= 0.6 is 0 Å². The van der Waals surface area contributed by atoms with Crippen molar-refractivity contribution >= 4 is 5.91 Å². The summed E-state index contributed by atoms with van der Waals surface area (Å²) in [5, 5.41) is 3.16. The van der Waals surface area contributed by atoms with Crippen molar-refractivity contribution in [1.82, 2.24) is 15.2 Å². The fraction of sp³-hybridized carbons (Fsp3) is 0.429. The van der Waals surface area contributed by atoms with E-state index in [2.05, 4.69) is 48.4 Å². The average Bonchev–Trinajstić information content (AvgIpc) is 3.17. The molecule has 0 bridgehead atoms. The molecule has 1 aromatic carbocycles. The van der Waals surface area contributed by atoms with Crippen LogP contribution in [-0.4, -0.2) is 35.9 Å². The monoisotopic (exact) mass is 337 g/mol. The van der Waals surface area contributed by atoms with Crippen LogP contribution in [0.5, 0.6) is 0 Å². The Labute approximate surface area is 150 Å². The first kappa shape index (κ1) is 17.6. The first-order valence-electron chi connectivity index (χ1n) is 8.83. The molecule has 1 heterocycles. The van der Waals surface area contributed by atoms with Crippen molar-refractivity contribution in [3.63, 3.8) is 0 Å². The van der Waals surface area contributed by atoms with E-state index in [1.54, 1.807) is 12.4 Å². The zero-order valence-corrected chi connectivity index (χ0v) is 15.3. The Morgan fingerprint density at radius 3 is 2.40 bits per heavy atom. The highest BCUT2D eigenvalue weighted by Gasteiger charge is 2.61. The van der Waals surface area contributed by atoms with Gasteiger partial charge in [0.25, 0.3) is 0 Å². The molecule has 0 spiro atoms. The molecular formula is C21H27N3O. The first-order chi connectivity index (χ1) is 11.9. The number of carbonyl (C=O) groups is 1. The van der Waals surface area contributed by atoms with E-state index in [1.165, 1.54) is 5.56 Å². The summed E-state index contributed by atoms with van der Waals surface area (Å²) in [5.74, 6) is 0.0783. The lowest BCUT2D eigenvalue weighted by molar-refractivity contribution is -0.122. The van der Waals surface area contributed by atoms with Crippen molar-refractivity contribution in [2.75, 3.05) is 20.1 Å². The maximum Gasteiger partial charge on any atom is 0.234 e. The van der Waals surface area contributed by atoms with Crippen LogP contribution < -0.4 is 5.32 Å². The van der Waals surface area contributed by atoms with Crippen molar-refractivity contribution in [3.8, 4) is 0 Å². The van der Waals surface area contributed by atoms with Gasteiger partial charge in [0.05, 0.1) is 6.54 Å². The van der Waals surface area contributed by atoms with E-state index in [0.717, 1.165) is 18.5 Å². The largest absolute Gasteiger partial charge is 0.354 e. The molecule has 1 saturated carbocycles. The lowest BCUT2D eigenvalue weighted by Crippen LogP contribution is -2.40. The minimum absolute atomic E-state index is 0.0631. The van der Waals surface area contributed by atoms with E-state index in [4.69, 9.17) is 0 Å². The summed E-state index contributed by atoms with van der Waals surface area (Å²) in [6, 6.07) is 14.5. The molecule has 4 heteroatoms. The van der Waals surface area contributed by atoms with E-state index in [9.17, 15) is 4.79 Å². The van der Waals surface area contributed by atoms with Crippen LogP contribution in [0.4, 0.5) is 0 Å². The third-order valence-corrected chi connectivity index (χ3v) is 5.44. The van der Waals surface area contributed by atoms with Crippen molar-refractivity contribution in [1.29, 1.82) is 0 Å². The van der Waals surface area contributed by atoms with Crippen molar-refractivity contribution in [3.05, 3.63) is 66.0 Å². The summed E-state index contributed by atoms with van der Waals surface area (Å²) >= 11 is 0. The Morgan fingerprint density at radius 2 is 1.80 bits per heavy atom. The van der Waals surface area contributed by atoms with Crippen LogP contribution in [0.25, 0.3) is 0 Å². The van der Waals surface area contributed by atoms with Crippen LogP contribution in [0.2, 0.25) is 0 Å². The molecule has 4 nitrogen and oxygen atoms in total. The van der Waals surface area contributed by atoms with Gasteiger partial charge >= 0.3 is 0 Å². The number of aromatic nitrogens is 1. The smallest absolute Gasteiger partial charge is 0.234 e. The number of rotatable bonds is 7. The van der Waals surface area contributed by atoms with Gasteiger partial charge in [0.2, 0.25) is 5.91 Å². The highest BCUT2D eigenvalue weighted by molar-refractivity contribution is 5.78. The lowest BCUT2D eigenvalue weighted by atomic mass is 9.88. The van der Waals surface area contributed by atoms with E-state index in [1.807, 2.05) is 30.1 Å². The Bertz CT molecular complexity index is 714. The Hall–Kier alpha value is -2.20. The topological polar surface area (TPSA) is 45.2 Å². The SMILES string of the molecule is CN(CC(=O)NC[C@]1(c2ccccc2)CC1(C)C)Cc1ccncc1. The molecule has 1 aliphatic carbocycles. The summed E-state index contributed by atoms with van der Waals surface area (Å²) in [5.41, 5.74) is 2.78. The fourth-order valence-corrected chi connectivity index (χ4v) is 3.77. The maximum atomic E-state index is 12.4. The average molecular weight is 337 g/mol. The third-order valence-electron chi connectivity index (χ3n) is 5.44. The third kappa shape index (κ3) is 3.90. The quantitative estimate of drug-likeness (QED) is 0.845. The van der Waals surface area contributed by atoms with Gasteiger partial charge in [-0.25, -0.2) is 0 Å². The number of carbonyl (C=O) groups excluding carboxylic acids is 1. The van der Waals surface area contributed by atoms with Gasteiger partial charge in [-0.05, 0) is 42.1 Å².